The molecule has 6 heteroatoms. The van der Waals surface area contributed by atoms with Crippen LogP contribution in [-0.2, 0) is 0 Å². The lowest BCUT2D eigenvalue weighted by Crippen LogP contribution is -2.20. The highest BCUT2D eigenvalue weighted by atomic mass is 19.1. The number of benzene rings is 1. The van der Waals surface area contributed by atoms with Crippen molar-refractivity contribution < 1.29 is 13.5 Å². The van der Waals surface area contributed by atoms with Crippen LogP contribution in [0.2, 0.25) is 0 Å². The van der Waals surface area contributed by atoms with Gasteiger partial charge in [0.25, 0.3) is 0 Å². The smallest absolute Gasteiger partial charge is 0.190 e. The van der Waals surface area contributed by atoms with Crippen LogP contribution in [0.3, 0.4) is 0 Å². The highest BCUT2D eigenvalue weighted by Gasteiger charge is 2.13. The van der Waals surface area contributed by atoms with Gasteiger partial charge in [0.05, 0.1) is 0 Å². The van der Waals surface area contributed by atoms with Crippen LogP contribution in [0.25, 0.3) is 0 Å². The summed E-state index contributed by atoms with van der Waals surface area (Å²) in [6, 6.07) is 1.97. The fourth-order valence-electron chi connectivity index (χ4n) is 1.18. The van der Waals surface area contributed by atoms with Gasteiger partial charge in [0.15, 0.2) is 17.4 Å². The topological polar surface area (TPSA) is 62.3 Å². The number of nitrogens with one attached hydrogen (secondary N) is 1. The molecule has 0 spiro atoms. The number of nitrogens with two attached hydrogens (primary N) is 1. The van der Waals surface area contributed by atoms with Gasteiger partial charge in [-0.2, -0.15) is 0 Å². The Hall–Kier alpha value is -1.69. The quantitative estimate of drug-likeness (QED) is 0.603. The third-order valence-corrected chi connectivity index (χ3v) is 2.09. The number of likely N-dealkylation sites (N-methyl/N-ethyl adjacent to an activating group) is 1. The summed E-state index contributed by atoms with van der Waals surface area (Å²) < 4.78 is 31.9. The molecule has 0 saturated carbocycles. The van der Waals surface area contributed by atoms with Crippen molar-refractivity contribution in [3.63, 3.8) is 0 Å². The van der Waals surface area contributed by atoms with E-state index in [1.54, 1.807) is 0 Å². The third-order valence-electron chi connectivity index (χ3n) is 2.09. The largest absolute Gasteiger partial charge is 0.486 e. The highest BCUT2D eigenvalue weighted by molar-refractivity contribution is 5.95. The van der Waals surface area contributed by atoms with Crippen molar-refractivity contribution in [2.24, 2.45) is 5.73 Å². The summed E-state index contributed by atoms with van der Waals surface area (Å²) >= 11 is 0. The van der Waals surface area contributed by atoms with Crippen LogP contribution in [0.1, 0.15) is 5.56 Å². The van der Waals surface area contributed by atoms with E-state index in [0.29, 0.717) is 6.54 Å². The van der Waals surface area contributed by atoms with Crippen LogP contribution in [0.5, 0.6) is 5.75 Å². The minimum absolute atomic E-state index is 0.0000374. The van der Waals surface area contributed by atoms with Gasteiger partial charge in [-0.25, -0.2) is 8.78 Å². The number of ether oxygens (including phenoxy) is 1. The summed E-state index contributed by atoms with van der Waals surface area (Å²) in [5.41, 5.74) is 5.14. The first-order chi connectivity index (χ1) is 7.91. The van der Waals surface area contributed by atoms with Crippen LogP contribution in [-0.4, -0.2) is 38.0 Å². The SMILES string of the molecule is CN(C)CCOc1c(F)cc(C(=N)N)cc1F. The van der Waals surface area contributed by atoms with Gasteiger partial charge in [0.2, 0.25) is 0 Å². The molecule has 0 fully saturated rings. The minimum Gasteiger partial charge on any atom is -0.486 e. The first-order valence-corrected chi connectivity index (χ1v) is 5.02. The molecule has 17 heavy (non-hydrogen) atoms. The highest BCUT2D eigenvalue weighted by Crippen LogP contribution is 2.23. The minimum atomic E-state index is -0.853. The van der Waals surface area contributed by atoms with Crippen LogP contribution in [0.15, 0.2) is 12.1 Å². The Morgan fingerprint density at radius 1 is 1.35 bits per heavy atom. The molecule has 0 aliphatic heterocycles. The fourth-order valence-corrected chi connectivity index (χ4v) is 1.18. The zero-order valence-electron chi connectivity index (χ0n) is 9.76. The second-order valence-corrected chi connectivity index (χ2v) is 3.83. The van der Waals surface area contributed by atoms with E-state index < -0.39 is 17.4 Å². The van der Waals surface area contributed by atoms with Crippen molar-refractivity contribution in [3.05, 3.63) is 29.3 Å². The monoisotopic (exact) mass is 243 g/mol. The molecule has 0 heterocycles. The van der Waals surface area contributed by atoms with E-state index in [1.165, 1.54) is 0 Å². The number of halogens is 2. The van der Waals surface area contributed by atoms with Crippen molar-refractivity contribution in [2.45, 2.75) is 0 Å². The molecule has 1 aromatic rings. The Morgan fingerprint density at radius 2 is 1.88 bits per heavy atom. The molecule has 0 aliphatic rings. The maximum Gasteiger partial charge on any atom is 0.190 e. The van der Waals surface area contributed by atoms with Crippen LogP contribution in [0, 0.1) is 17.0 Å². The van der Waals surface area contributed by atoms with Crippen molar-refractivity contribution >= 4 is 5.84 Å². The van der Waals surface area contributed by atoms with Crippen molar-refractivity contribution in [1.29, 1.82) is 5.41 Å². The average molecular weight is 243 g/mol. The second kappa shape index (κ2) is 5.58. The normalized spacial score (nSPS) is 10.6. The molecule has 0 saturated heterocycles. The van der Waals surface area contributed by atoms with Crippen molar-refractivity contribution in [2.75, 3.05) is 27.2 Å². The van der Waals surface area contributed by atoms with Crippen LogP contribution < -0.4 is 10.5 Å². The Balaban J connectivity index is 2.83. The molecule has 0 radical (unpaired) electrons. The van der Waals surface area contributed by atoms with E-state index in [0.717, 1.165) is 12.1 Å². The zero-order valence-corrected chi connectivity index (χ0v) is 9.76. The molecule has 0 amide bonds. The van der Waals surface area contributed by atoms with Gasteiger partial charge in [-0.3, -0.25) is 5.41 Å². The molecule has 0 unspecified atom stereocenters. The van der Waals surface area contributed by atoms with E-state index in [1.807, 2.05) is 19.0 Å². The van der Waals surface area contributed by atoms with Gasteiger partial charge in [0.1, 0.15) is 12.4 Å². The second-order valence-electron chi connectivity index (χ2n) is 3.83. The third kappa shape index (κ3) is 3.67. The number of nitrogen functional groups attached to an aromatic ring is 1. The van der Waals surface area contributed by atoms with Crippen LogP contribution in [0.4, 0.5) is 8.78 Å². The molecular weight excluding hydrogens is 228 g/mol. The molecule has 1 aromatic carbocycles. The maximum atomic E-state index is 13.5. The Morgan fingerprint density at radius 3 is 2.29 bits per heavy atom. The maximum absolute atomic E-state index is 13.5. The van der Waals surface area contributed by atoms with Gasteiger partial charge < -0.3 is 15.4 Å². The molecule has 0 bridgehead atoms. The number of nitrogens with zero attached hydrogens (tertiary/aromatic N) is 1. The standard InChI is InChI=1S/C11H15F2N3O/c1-16(2)3-4-17-10-8(12)5-7(11(14)15)6-9(10)13/h5-6H,3-4H2,1-2H3,(H3,14,15). The van der Waals surface area contributed by atoms with E-state index in [4.69, 9.17) is 15.9 Å². The molecule has 0 atom stereocenters. The van der Waals surface area contributed by atoms with E-state index in [2.05, 4.69) is 0 Å². The fraction of sp³-hybridized carbons (Fsp3) is 0.364. The Kier molecular flexibility index (Phi) is 4.39. The lowest BCUT2D eigenvalue weighted by Gasteiger charge is -2.12. The van der Waals surface area contributed by atoms with Gasteiger partial charge >= 0.3 is 0 Å². The zero-order chi connectivity index (χ0) is 13.0. The predicted molar refractivity (Wildman–Crippen MR) is 61.4 cm³/mol. The van der Waals surface area contributed by atoms with E-state index in [9.17, 15) is 8.78 Å². The summed E-state index contributed by atoms with van der Waals surface area (Å²) in [7, 11) is 3.66. The lowest BCUT2D eigenvalue weighted by atomic mass is 10.2. The molecule has 94 valence electrons. The predicted octanol–water partition coefficient (Wildman–Crippen LogP) is 1.19. The summed E-state index contributed by atoms with van der Waals surface area (Å²) in [6.07, 6.45) is 0. The van der Waals surface area contributed by atoms with Gasteiger partial charge in [0, 0.05) is 12.1 Å². The van der Waals surface area contributed by atoms with Gasteiger partial charge in [-0.1, -0.05) is 0 Å². The van der Waals surface area contributed by atoms with E-state index in [-0.39, 0.29) is 18.0 Å². The van der Waals surface area contributed by atoms with Gasteiger partial charge in [-0.15, -0.1) is 0 Å². The molecule has 0 aliphatic carbocycles. The lowest BCUT2D eigenvalue weighted by molar-refractivity contribution is 0.242. The number of hydrogen-bond donors (Lipinski definition) is 2. The van der Waals surface area contributed by atoms with Crippen molar-refractivity contribution in [1.82, 2.24) is 4.90 Å². The molecule has 1 rings (SSSR count). The molecule has 0 aromatic heterocycles. The number of hydrogen-bond acceptors (Lipinski definition) is 3. The number of rotatable bonds is 5. The molecule has 4 nitrogen and oxygen atoms in total. The van der Waals surface area contributed by atoms with Gasteiger partial charge in [-0.05, 0) is 26.2 Å². The summed E-state index contributed by atoms with van der Waals surface area (Å²) in [5, 5.41) is 7.09. The number of amidine groups is 1. The first kappa shape index (κ1) is 13.4. The summed E-state index contributed by atoms with van der Waals surface area (Å²) in [4.78, 5) is 1.83. The average Bonchev–Trinajstić information content (AvgIpc) is 2.21. The summed E-state index contributed by atoms with van der Waals surface area (Å²) in [5.74, 6) is -2.53. The van der Waals surface area contributed by atoms with Crippen LogP contribution >= 0.6 is 0 Å². The molecular formula is C11H15F2N3O. The summed E-state index contributed by atoms with van der Waals surface area (Å²) in [6.45, 7) is 0.730. The Bertz CT molecular complexity index is 398. The first-order valence-electron chi connectivity index (χ1n) is 5.02. The molecule has 3 N–H and O–H groups in total. The van der Waals surface area contributed by atoms with E-state index >= 15 is 0 Å². The van der Waals surface area contributed by atoms with Crippen molar-refractivity contribution in [3.8, 4) is 5.75 Å². The Labute approximate surface area is 98.5 Å².